The van der Waals surface area contributed by atoms with E-state index in [4.69, 9.17) is 11.6 Å². The lowest BCUT2D eigenvalue weighted by Gasteiger charge is -2.28. The van der Waals surface area contributed by atoms with Crippen molar-refractivity contribution in [3.8, 4) is 0 Å². The van der Waals surface area contributed by atoms with Crippen LogP contribution in [0.15, 0.2) is 48.8 Å². The molecule has 4 nitrogen and oxygen atoms in total. The summed E-state index contributed by atoms with van der Waals surface area (Å²) in [6.45, 7) is 0. The Morgan fingerprint density at radius 3 is 2.50 bits per heavy atom. The molecule has 0 amide bonds. The third-order valence-electron chi connectivity index (χ3n) is 3.50. The minimum absolute atomic E-state index is 0.0464. The number of hydrogen-bond acceptors (Lipinski definition) is 3. The summed E-state index contributed by atoms with van der Waals surface area (Å²) < 4.78 is 38.3. The van der Waals surface area contributed by atoms with Crippen LogP contribution in [-0.4, -0.2) is 26.0 Å². The number of carboxylic acids is 1. The average Bonchev–Trinajstić information content (AvgIpc) is 2.54. The highest BCUT2D eigenvalue weighted by Crippen LogP contribution is 2.37. The fraction of sp³-hybridized carbons (Fsp3) is 0.250. The Hall–Kier alpha value is -2.12. The molecule has 2 N–H and O–H groups in total. The van der Waals surface area contributed by atoms with E-state index in [0.29, 0.717) is 0 Å². The Kier molecular flexibility index (Phi) is 5.15. The van der Waals surface area contributed by atoms with E-state index in [1.165, 1.54) is 30.6 Å². The molecule has 1 heterocycles. The Bertz CT molecular complexity index is 724. The molecule has 0 saturated heterocycles. The van der Waals surface area contributed by atoms with Gasteiger partial charge in [0.05, 0.1) is 5.56 Å². The largest absolute Gasteiger partial charge is 0.480 e. The standard InChI is InChI=1S/C16H13ClF3NO3/c17-15(14(23)24,13(22)11-4-2-6-21-9-11)8-10-3-1-5-12(7-10)16(18,19)20/h1-7,9,13,22H,8H2,(H,23,24). The van der Waals surface area contributed by atoms with Gasteiger partial charge in [0.1, 0.15) is 6.10 Å². The predicted molar refractivity (Wildman–Crippen MR) is 80.6 cm³/mol. The second-order valence-electron chi connectivity index (χ2n) is 5.23. The van der Waals surface area contributed by atoms with Gasteiger partial charge in [-0.25, -0.2) is 0 Å². The number of benzene rings is 1. The molecule has 1 aromatic carbocycles. The van der Waals surface area contributed by atoms with E-state index in [9.17, 15) is 28.2 Å². The van der Waals surface area contributed by atoms with E-state index in [1.807, 2.05) is 0 Å². The number of aromatic nitrogens is 1. The molecular formula is C16H13ClF3NO3. The molecule has 2 atom stereocenters. The zero-order valence-corrected chi connectivity index (χ0v) is 12.9. The molecule has 0 fully saturated rings. The van der Waals surface area contributed by atoms with Gasteiger partial charge in [-0.05, 0) is 17.7 Å². The smallest absolute Gasteiger partial charge is 0.416 e. The minimum Gasteiger partial charge on any atom is -0.480 e. The van der Waals surface area contributed by atoms with Gasteiger partial charge < -0.3 is 10.2 Å². The van der Waals surface area contributed by atoms with Gasteiger partial charge in [0.2, 0.25) is 0 Å². The number of halogens is 4. The van der Waals surface area contributed by atoms with E-state index in [0.717, 1.165) is 18.2 Å². The van der Waals surface area contributed by atoms with Crippen LogP contribution in [0.5, 0.6) is 0 Å². The minimum atomic E-state index is -4.56. The van der Waals surface area contributed by atoms with Gasteiger partial charge in [-0.15, -0.1) is 11.6 Å². The molecule has 2 aromatic rings. The lowest BCUT2D eigenvalue weighted by Crippen LogP contribution is -2.41. The predicted octanol–water partition coefficient (Wildman–Crippen LogP) is 3.44. The SMILES string of the molecule is O=C(O)C(Cl)(Cc1cccc(C(F)(F)F)c1)C(O)c1cccnc1. The van der Waals surface area contributed by atoms with Crippen molar-refractivity contribution in [2.45, 2.75) is 23.6 Å². The first-order valence-electron chi connectivity index (χ1n) is 6.81. The van der Waals surface area contributed by atoms with Gasteiger partial charge >= 0.3 is 12.1 Å². The van der Waals surface area contributed by atoms with E-state index in [-0.39, 0.29) is 11.1 Å². The van der Waals surface area contributed by atoms with Crippen LogP contribution in [-0.2, 0) is 17.4 Å². The number of aliphatic hydroxyl groups is 1. The molecule has 24 heavy (non-hydrogen) atoms. The highest BCUT2D eigenvalue weighted by molar-refractivity contribution is 6.34. The van der Waals surface area contributed by atoms with Crippen LogP contribution in [0.2, 0.25) is 0 Å². The van der Waals surface area contributed by atoms with Gasteiger partial charge in [-0.3, -0.25) is 9.78 Å². The zero-order chi connectivity index (χ0) is 18.0. The maximum Gasteiger partial charge on any atom is 0.416 e. The number of pyridine rings is 1. The highest BCUT2D eigenvalue weighted by atomic mass is 35.5. The summed E-state index contributed by atoms with van der Waals surface area (Å²) in [5.74, 6) is -1.54. The molecule has 0 spiro atoms. The molecule has 2 rings (SSSR count). The Labute approximate surface area is 140 Å². The second-order valence-corrected chi connectivity index (χ2v) is 5.91. The first-order chi connectivity index (χ1) is 11.1. The lowest BCUT2D eigenvalue weighted by molar-refractivity contribution is -0.143. The molecule has 0 aliphatic rings. The number of hydrogen-bond donors (Lipinski definition) is 2. The van der Waals surface area contributed by atoms with Crippen LogP contribution in [0, 0.1) is 0 Å². The molecule has 0 saturated carbocycles. The number of aliphatic hydroxyl groups excluding tert-OH is 1. The fourth-order valence-electron chi connectivity index (χ4n) is 2.25. The van der Waals surface area contributed by atoms with E-state index < -0.39 is 35.1 Å². The van der Waals surface area contributed by atoms with E-state index in [1.54, 1.807) is 0 Å². The van der Waals surface area contributed by atoms with Crippen molar-refractivity contribution >= 4 is 17.6 Å². The highest BCUT2D eigenvalue weighted by Gasteiger charge is 2.45. The fourth-order valence-corrected chi connectivity index (χ4v) is 2.53. The molecule has 128 valence electrons. The van der Waals surface area contributed by atoms with Gasteiger partial charge in [0.15, 0.2) is 4.87 Å². The number of nitrogens with zero attached hydrogens (tertiary/aromatic N) is 1. The number of rotatable bonds is 5. The zero-order valence-electron chi connectivity index (χ0n) is 12.2. The van der Waals surface area contributed by atoms with Crippen LogP contribution in [0.3, 0.4) is 0 Å². The molecule has 2 unspecified atom stereocenters. The molecule has 0 radical (unpaired) electrons. The summed E-state index contributed by atoms with van der Waals surface area (Å²) in [6.07, 6.45) is -4.03. The van der Waals surface area contributed by atoms with Gasteiger partial charge in [0.25, 0.3) is 0 Å². The molecule has 8 heteroatoms. The van der Waals surface area contributed by atoms with Gasteiger partial charge in [-0.1, -0.05) is 24.3 Å². The summed E-state index contributed by atoms with van der Waals surface area (Å²) >= 11 is 6.10. The topological polar surface area (TPSA) is 70.4 Å². The van der Waals surface area contributed by atoms with Crippen molar-refractivity contribution in [3.63, 3.8) is 0 Å². The Morgan fingerprint density at radius 1 is 1.25 bits per heavy atom. The van der Waals surface area contributed by atoms with Gasteiger partial charge in [-0.2, -0.15) is 13.2 Å². The average molecular weight is 360 g/mol. The third-order valence-corrected chi connectivity index (χ3v) is 4.01. The van der Waals surface area contributed by atoms with Crippen LogP contribution in [0.1, 0.15) is 22.8 Å². The maximum absolute atomic E-state index is 12.8. The number of alkyl halides is 4. The molecular weight excluding hydrogens is 347 g/mol. The summed E-state index contributed by atoms with van der Waals surface area (Å²) in [5, 5.41) is 19.7. The first kappa shape index (κ1) is 18.2. The quantitative estimate of drug-likeness (QED) is 0.802. The van der Waals surface area contributed by atoms with Crippen LogP contribution in [0.25, 0.3) is 0 Å². The second kappa shape index (κ2) is 6.78. The number of carbonyl (C=O) groups is 1. The summed E-state index contributed by atoms with van der Waals surface area (Å²) in [5.41, 5.74) is -0.715. The van der Waals surface area contributed by atoms with E-state index >= 15 is 0 Å². The van der Waals surface area contributed by atoms with Gasteiger partial charge in [0, 0.05) is 24.4 Å². The maximum atomic E-state index is 12.8. The van der Waals surface area contributed by atoms with Crippen LogP contribution in [0.4, 0.5) is 13.2 Å². The third kappa shape index (κ3) is 3.85. The van der Waals surface area contributed by atoms with Crippen molar-refractivity contribution in [3.05, 3.63) is 65.5 Å². The summed E-state index contributed by atoms with van der Waals surface area (Å²) in [7, 11) is 0. The molecule has 0 aliphatic carbocycles. The number of carboxylic acid groups (broad SMARTS) is 1. The van der Waals surface area contributed by atoms with Crippen molar-refractivity contribution in [2.24, 2.45) is 0 Å². The van der Waals surface area contributed by atoms with Crippen molar-refractivity contribution in [1.82, 2.24) is 4.98 Å². The number of aliphatic carboxylic acids is 1. The lowest BCUT2D eigenvalue weighted by atomic mass is 9.89. The van der Waals surface area contributed by atoms with Crippen molar-refractivity contribution in [1.29, 1.82) is 0 Å². The first-order valence-corrected chi connectivity index (χ1v) is 7.19. The normalized spacial score (nSPS) is 15.5. The Balaban J connectivity index is 2.37. The van der Waals surface area contributed by atoms with Crippen LogP contribution < -0.4 is 0 Å². The van der Waals surface area contributed by atoms with Crippen molar-refractivity contribution < 1.29 is 28.2 Å². The summed E-state index contributed by atoms with van der Waals surface area (Å²) in [4.78, 5) is 13.1. The Morgan fingerprint density at radius 2 is 1.96 bits per heavy atom. The van der Waals surface area contributed by atoms with Crippen LogP contribution >= 0.6 is 11.6 Å². The van der Waals surface area contributed by atoms with Crippen molar-refractivity contribution in [2.75, 3.05) is 0 Å². The molecule has 1 aromatic heterocycles. The molecule has 0 bridgehead atoms. The monoisotopic (exact) mass is 359 g/mol. The van der Waals surface area contributed by atoms with E-state index in [2.05, 4.69) is 4.98 Å². The summed E-state index contributed by atoms with van der Waals surface area (Å²) in [6, 6.07) is 7.10. The molecule has 0 aliphatic heterocycles.